The van der Waals surface area contributed by atoms with Gasteiger partial charge in [-0.05, 0) is 67.4 Å². The van der Waals surface area contributed by atoms with Crippen LogP contribution in [0.3, 0.4) is 0 Å². The quantitative estimate of drug-likeness (QED) is 0.0638. The number of sulfonamides is 1. The van der Waals surface area contributed by atoms with Gasteiger partial charge in [-0.2, -0.15) is 0 Å². The number of aldehydes is 1. The highest BCUT2D eigenvalue weighted by atomic mass is 32.2. The zero-order valence-electron chi connectivity index (χ0n) is 26.7. The standard InChI is InChI=1S/C35H46N2O8S/c1-3-4-5-6-7-8-9-10-11-15-18-33(45-31-22-20-29(43-2)21-23-31)35(39)36-28-19-24-32(44-30-16-13-12-14-17-30)34(27-28)46(41,42)37(40)25-26-38/h12-14,16-17,19-24,26-27,33,40H,3-11,15,18,25H2,1-2H3,(H,36,39). The molecule has 0 aliphatic rings. The van der Waals surface area contributed by atoms with E-state index in [0.717, 1.165) is 25.7 Å². The molecule has 250 valence electrons. The van der Waals surface area contributed by atoms with E-state index in [4.69, 9.17) is 14.2 Å². The number of rotatable bonds is 22. The van der Waals surface area contributed by atoms with Crippen LogP contribution in [0.5, 0.6) is 23.0 Å². The van der Waals surface area contributed by atoms with Gasteiger partial charge in [0.1, 0.15) is 34.2 Å². The van der Waals surface area contributed by atoms with Crippen molar-refractivity contribution in [2.45, 2.75) is 88.6 Å². The molecule has 1 unspecified atom stereocenters. The summed E-state index contributed by atoms with van der Waals surface area (Å²) in [6.07, 6.45) is 11.4. The van der Waals surface area contributed by atoms with Gasteiger partial charge in [0.25, 0.3) is 15.9 Å². The molecule has 1 amide bonds. The van der Waals surface area contributed by atoms with Crippen LogP contribution in [-0.4, -0.2) is 50.0 Å². The van der Waals surface area contributed by atoms with Gasteiger partial charge in [0.05, 0.1) is 13.7 Å². The third-order valence-corrected chi connectivity index (χ3v) is 9.00. The monoisotopic (exact) mass is 654 g/mol. The number of unbranched alkanes of at least 4 members (excludes halogenated alkanes) is 9. The van der Waals surface area contributed by atoms with Gasteiger partial charge >= 0.3 is 0 Å². The average Bonchev–Trinajstić information content (AvgIpc) is 3.06. The molecule has 0 aliphatic carbocycles. The Morgan fingerprint density at radius 2 is 1.46 bits per heavy atom. The molecule has 0 saturated carbocycles. The van der Waals surface area contributed by atoms with Crippen LogP contribution in [0.4, 0.5) is 5.69 Å². The summed E-state index contributed by atoms with van der Waals surface area (Å²) in [5.41, 5.74) is 0.148. The molecule has 0 fully saturated rings. The molecule has 10 nitrogen and oxygen atoms in total. The van der Waals surface area contributed by atoms with Crippen LogP contribution in [0.2, 0.25) is 0 Å². The molecule has 1 atom stereocenters. The van der Waals surface area contributed by atoms with Gasteiger partial charge in [-0.3, -0.25) is 10.0 Å². The van der Waals surface area contributed by atoms with Crippen molar-refractivity contribution in [2.75, 3.05) is 19.0 Å². The summed E-state index contributed by atoms with van der Waals surface area (Å²) in [4.78, 5) is 24.1. The van der Waals surface area contributed by atoms with E-state index in [1.165, 1.54) is 56.7 Å². The van der Waals surface area contributed by atoms with Gasteiger partial charge in [-0.1, -0.05) is 87.4 Å². The average molecular weight is 655 g/mol. The maximum atomic E-state index is 13.6. The highest BCUT2D eigenvalue weighted by Gasteiger charge is 2.28. The van der Waals surface area contributed by atoms with Crippen molar-refractivity contribution in [2.24, 2.45) is 0 Å². The first-order valence-electron chi connectivity index (χ1n) is 15.9. The summed E-state index contributed by atoms with van der Waals surface area (Å²) in [6, 6.07) is 19.5. The topological polar surface area (TPSA) is 131 Å². The lowest BCUT2D eigenvalue weighted by molar-refractivity contribution is -0.123. The van der Waals surface area contributed by atoms with E-state index in [1.807, 2.05) is 0 Å². The van der Waals surface area contributed by atoms with E-state index in [-0.39, 0.29) is 22.2 Å². The van der Waals surface area contributed by atoms with Crippen LogP contribution in [0.15, 0.2) is 77.7 Å². The zero-order valence-corrected chi connectivity index (χ0v) is 27.5. The first-order chi connectivity index (χ1) is 22.3. The molecule has 0 spiro atoms. The van der Waals surface area contributed by atoms with Crippen LogP contribution >= 0.6 is 0 Å². The lowest BCUT2D eigenvalue weighted by Crippen LogP contribution is -2.33. The summed E-state index contributed by atoms with van der Waals surface area (Å²) in [5.74, 6) is 0.959. The fraction of sp³-hybridized carbons (Fsp3) is 0.429. The van der Waals surface area contributed by atoms with Gasteiger partial charge in [-0.25, -0.2) is 8.42 Å². The van der Waals surface area contributed by atoms with E-state index in [2.05, 4.69) is 12.2 Å². The van der Waals surface area contributed by atoms with Crippen molar-refractivity contribution < 1.29 is 37.4 Å². The van der Waals surface area contributed by atoms with Crippen LogP contribution in [0, 0.1) is 0 Å². The fourth-order valence-electron chi connectivity index (χ4n) is 4.86. The second kappa shape index (κ2) is 19.6. The third kappa shape index (κ3) is 11.8. The highest BCUT2D eigenvalue weighted by Crippen LogP contribution is 2.33. The molecule has 0 heterocycles. The molecule has 2 N–H and O–H groups in total. The second-order valence-corrected chi connectivity index (χ2v) is 12.8. The van der Waals surface area contributed by atoms with E-state index in [1.54, 1.807) is 61.7 Å². The molecule has 3 aromatic carbocycles. The maximum absolute atomic E-state index is 13.6. The Morgan fingerprint density at radius 1 is 0.848 bits per heavy atom. The Morgan fingerprint density at radius 3 is 2.07 bits per heavy atom. The van der Waals surface area contributed by atoms with E-state index >= 15 is 0 Å². The van der Waals surface area contributed by atoms with Gasteiger partial charge in [0, 0.05) is 5.69 Å². The second-order valence-electron chi connectivity index (χ2n) is 11.0. The summed E-state index contributed by atoms with van der Waals surface area (Å²) in [5, 5.41) is 12.9. The van der Waals surface area contributed by atoms with Crippen LogP contribution in [-0.2, 0) is 19.6 Å². The highest BCUT2D eigenvalue weighted by molar-refractivity contribution is 7.89. The number of hydrogen-bond donors (Lipinski definition) is 2. The van der Waals surface area contributed by atoms with Gasteiger partial charge < -0.3 is 24.3 Å². The number of nitrogens with zero attached hydrogens (tertiary/aromatic N) is 1. The molecule has 0 bridgehead atoms. The molecule has 0 saturated heterocycles. The van der Waals surface area contributed by atoms with Crippen LogP contribution in [0.25, 0.3) is 0 Å². The summed E-state index contributed by atoms with van der Waals surface area (Å²) in [6.45, 7) is 1.44. The normalized spacial score (nSPS) is 12.0. The van der Waals surface area contributed by atoms with Crippen molar-refractivity contribution in [1.82, 2.24) is 4.47 Å². The number of benzene rings is 3. The number of nitrogens with one attached hydrogen (secondary N) is 1. The molecule has 0 aromatic heterocycles. The minimum absolute atomic E-state index is 0.0699. The number of carbonyl (C=O) groups excluding carboxylic acids is 2. The molecule has 0 aliphatic heterocycles. The SMILES string of the molecule is CCCCCCCCCCCCC(Oc1ccc(OC)cc1)C(=O)Nc1ccc(Oc2ccccc2)c(S(=O)(=O)N(O)CC=O)c1. The fourth-order valence-corrected chi connectivity index (χ4v) is 5.99. The van der Waals surface area contributed by atoms with Crippen LogP contribution in [0.1, 0.15) is 77.6 Å². The Balaban J connectivity index is 1.75. The van der Waals surface area contributed by atoms with Crippen LogP contribution < -0.4 is 19.5 Å². The van der Waals surface area contributed by atoms with E-state index in [0.29, 0.717) is 23.7 Å². The number of ether oxygens (including phenoxy) is 3. The third-order valence-electron chi connectivity index (χ3n) is 7.42. The molecule has 46 heavy (non-hydrogen) atoms. The summed E-state index contributed by atoms with van der Waals surface area (Å²) < 4.78 is 43.5. The molecule has 0 radical (unpaired) electrons. The zero-order chi connectivity index (χ0) is 33.2. The predicted octanol–water partition coefficient (Wildman–Crippen LogP) is 7.76. The van der Waals surface area contributed by atoms with E-state index in [9.17, 15) is 23.2 Å². The summed E-state index contributed by atoms with van der Waals surface area (Å²) >= 11 is 0. The number of hydrogen-bond acceptors (Lipinski definition) is 8. The predicted molar refractivity (Wildman–Crippen MR) is 177 cm³/mol. The molecule has 11 heteroatoms. The van der Waals surface area contributed by atoms with Crippen molar-refractivity contribution in [3.63, 3.8) is 0 Å². The Hall–Kier alpha value is -3.93. The van der Waals surface area contributed by atoms with Gasteiger partial charge in [-0.15, -0.1) is 0 Å². The van der Waals surface area contributed by atoms with Crippen molar-refractivity contribution in [1.29, 1.82) is 0 Å². The van der Waals surface area contributed by atoms with Gasteiger partial charge in [0.15, 0.2) is 6.10 Å². The lowest BCUT2D eigenvalue weighted by atomic mass is 10.0. The van der Waals surface area contributed by atoms with E-state index < -0.39 is 33.5 Å². The Kier molecular flexibility index (Phi) is 15.5. The molecule has 3 rings (SSSR count). The number of carbonyl (C=O) groups is 2. The first-order valence-corrected chi connectivity index (χ1v) is 17.4. The van der Waals surface area contributed by atoms with Crippen molar-refractivity contribution >= 4 is 27.9 Å². The molecular weight excluding hydrogens is 608 g/mol. The minimum Gasteiger partial charge on any atom is -0.497 e. The maximum Gasteiger partial charge on any atom is 0.269 e. The van der Waals surface area contributed by atoms with Crippen molar-refractivity contribution in [3.8, 4) is 23.0 Å². The van der Waals surface area contributed by atoms with Gasteiger partial charge in [0.2, 0.25) is 0 Å². The Bertz CT molecular complexity index is 1450. The Labute approximate surface area is 272 Å². The smallest absolute Gasteiger partial charge is 0.269 e. The minimum atomic E-state index is -4.58. The number of methoxy groups -OCH3 is 1. The number of hydroxylamine groups is 1. The summed E-state index contributed by atoms with van der Waals surface area (Å²) in [7, 11) is -3.01. The number of anilines is 1. The largest absolute Gasteiger partial charge is 0.497 e. The van der Waals surface area contributed by atoms with Crippen molar-refractivity contribution in [3.05, 3.63) is 72.8 Å². The number of para-hydroxylation sites is 1. The molecule has 3 aromatic rings. The lowest BCUT2D eigenvalue weighted by Gasteiger charge is -2.20. The molecular formula is C35H46N2O8S. The first kappa shape index (κ1) is 36.5. The number of amides is 1.